The Balaban J connectivity index is 1.51. The molecule has 6 nitrogen and oxygen atoms in total. The molecule has 4 rings (SSSR count). The van der Waals surface area contributed by atoms with Crippen LogP contribution in [-0.4, -0.2) is 46.1 Å². The number of rotatable bonds is 4. The van der Waals surface area contributed by atoms with Gasteiger partial charge in [0.1, 0.15) is 11.6 Å². The number of likely N-dealkylation sites (tertiary alicyclic amines) is 1. The van der Waals surface area contributed by atoms with E-state index >= 15 is 0 Å². The summed E-state index contributed by atoms with van der Waals surface area (Å²) in [4.78, 5) is 33.4. The van der Waals surface area contributed by atoms with E-state index in [0.717, 1.165) is 55.9 Å². The van der Waals surface area contributed by atoms with E-state index in [2.05, 4.69) is 13.8 Å². The molecule has 6 atom stereocenters. The zero-order valence-electron chi connectivity index (χ0n) is 21.0. The Labute approximate surface area is 202 Å². The Morgan fingerprint density at radius 1 is 1.30 bits per heavy atom. The van der Waals surface area contributed by atoms with Gasteiger partial charge in [-0.3, -0.25) is 9.59 Å². The van der Waals surface area contributed by atoms with Gasteiger partial charge in [-0.15, -0.1) is 11.3 Å². The quantitative estimate of drug-likeness (QED) is 0.645. The Kier molecular flexibility index (Phi) is 6.69. The molecule has 1 saturated carbocycles. The van der Waals surface area contributed by atoms with Crippen molar-refractivity contribution in [2.24, 2.45) is 28.6 Å². The van der Waals surface area contributed by atoms with Gasteiger partial charge < -0.3 is 14.7 Å². The van der Waals surface area contributed by atoms with Crippen LogP contribution in [0.25, 0.3) is 0 Å². The summed E-state index contributed by atoms with van der Waals surface area (Å²) >= 11 is 1.65. The number of amides is 1. The van der Waals surface area contributed by atoms with Gasteiger partial charge in [0.05, 0.1) is 17.2 Å². The fraction of sp³-hybridized carbons (Fsp3) is 0.808. The van der Waals surface area contributed by atoms with Gasteiger partial charge in [-0.2, -0.15) is 0 Å². The van der Waals surface area contributed by atoms with Crippen molar-refractivity contribution in [1.29, 1.82) is 0 Å². The number of carbonyl (C=O) groups excluding carboxylic acids is 2. The zero-order valence-corrected chi connectivity index (χ0v) is 21.8. The van der Waals surface area contributed by atoms with Crippen LogP contribution in [-0.2, 0) is 27.4 Å². The van der Waals surface area contributed by atoms with E-state index in [1.54, 1.807) is 11.3 Å². The molecule has 1 unspecified atom stereocenters. The van der Waals surface area contributed by atoms with Gasteiger partial charge in [-0.25, -0.2) is 4.98 Å². The second kappa shape index (κ2) is 8.95. The second-order valence-electron chi connectivity index (χ2n) is 11.9. The SMILES string of the molecule is C[C@H](C(=O)N1CCCC1)C1CC[C@@]2(C)Cc3sc(COC(=O)C(C)(C)C)nc3[C@@H](C)[C@@H]2[C@H]1O. The van der Waals surface area contributed by atoms with Crippen molar-refractivity contribution in [3.8, 4) is 0 Å². The molecule has 2 heterocycles. The number of aliphatic hydroxyl groups excluding tert-OH is 1. The van der Waals surface area contributed by atoms with Gasteiger partial charge in [0, 0.05) is 29.8 Å². The summed E-state index contributed by atoms with van der Waals surface area (Å²) in [7, 11) is 0. The van der Waals surface area contributed by atoms with Gasteiger partial charge in [0.2, 0.25) is 5.91 Å². The van der Waals surface area contributed by atoms with Crippen molar-refractivity contribution >= 4 is 23.2 Å². The third kappa shape index (κ3) is 4.60. The van der Waals surface area contributed by atoms with Gasteiger partial charge >= 0.3 is 5.97 Å². The minimum Gasteiger partial charge on any atom is -0.458 e. The monoisotopic (exact) mass is 476 g/mol. The predicted molar refractivity (Wildman–Crippen MR) is 129 cm³/mol. The minimum absolute atomic E-state index is 0.00831. The number of aliphatic hydroxyl groups is 1. The summed E-state index contributed by atoms with van der Waals surface area (Å²) < 4.78 is 5.51. The third-order valence-corrected chi connectivity index (χ3v) is 9.40. The molecule has 1 N–H and O–H groups in total. The first kappa shape index (κ1) is 24.6. The van der Waals surface area contributed by atoms with Crippen LogP contribution in [0.2, 0.25) is 0 Å². The van der Waals surface area contributed by atoms with E-state index in [-0.39, 0.29) is 47.6 Å². The van der Waals surface area contributed by atoms with Crippen LogP contribution in [0.1, 0.15) is 88.7 Å². The number of aromatic nitrogens is 1. The molecule has 0 radical (unpaired) electrons. The fourth-order valence-corrected chi connectivity index (χ4v) is 7.70. The predicted octanol–water partition coefficient (Wildman–Crippen LogP) is 4.54. The molecule has 2 aliphatic carbocycles. The van der Waals surface area contributed by atoms with E-state index in [1.807, 2.05) is 32.6 Å². The number of hydrogen-bond acceptors (Lipinski definition) is 6. The largest absolute Gasteiger partial charge is 0.458 e. The average Bonchev–Trinajstić information content (AvgIpc) is 3.40. The minimum atomic E-state index is -0.533. The summed E-state index contributed by atoms with van der Waals surface area (Å²) in [6.07, 6.45) is 4.43. The molecule has 1 aliphatic heterocycles. The molecule has 3 aliphatic rings. The highest BCUT2D eigenvalue weighted by atomic mass is 32.1. The van der Waals surface area contributed by atoms with Crippen molar-refractivity contribution in [3.63, 3.8) is 0 Å². The second-order valence-corrected chi connectivity index (χ2v) is 13.1. The van der Waals surface area contributed by atoms with Crippen LogP contribution >= 0.6 is 11.3 Å². The van der Waals surface area contributed by atoms with Crippen LogP contribution in [0.15, 0.2) is 0 Å². The summed E-state index contributed by atoms with van der Waals surface area (Å²) in [5.74, 6) is 0.00358. The molecule has 1 saturated heterocycles. The summed E-state index contributed by atoms with van der Waals surface area (Å²) in [6.45, 7) is 13.9. The molecule has 1 aromatic heterocycles. The highest BCUT2D eigenvalue weighted by Crippen LogP contribution is 2.57. The van der Waals surface area contributed by atoms with Gasteiger partial charge in [-0.05, 0) is 70.1 Å². The molecule has 0 spiro atoms. The van der Waals surface area contributed by atoms with Crippen molar-refractivity contribution in [2.45, 2.75) is 92.3 Å². The number of esters is 1. The van der Waals surface area contributed by atoms with Crippen molar-refractivity contribution in [3.05, 3.63) is 15.6 Å². The molecule has 0 bridgehead atoms. The van der Waals surface area contributed by atoms with Crippen molar-refractivity contribution < 1.29 is 19.4 Å². The van der Waals surface area contributed by atoms with E-state index < -0.39 is 11.5 Å². The first-order valence-corrected chi connectivity index (χ1v) is 13.4. The molecule has 184 valence electrons. The maximum absolute atomic E-state index is 13.1. The summed E-state index contributed by atoms with van der Waals surface area (Å²) in [6, 6.07) is 0. The lowest BCUT2D eigenvalue weighted by Crippen LogP contribution is -2.53. The smallest absolute Gasteiger partial charge is 0.311 e. The Morgan fingerprint density at radius 2 is 1.97 bits per heavy atom. The lowest BCUT2D eigenvalue weighted by Gasteiger charge is -2.53. The Morgan fingerprint density at radius 3 is 2.61 bits per heavy atom. The molecule has 7 heteroatoms. The first-order valence-electron chi connectivity index (χ1n) is 12.5. The molecular formula is C26H40N2O4S. The molecular weight excluding hydrogens is 436 g/mol. The molecule has 33 heavy (non-hydrogen) atoms. The molecule has 1 amide bonds. The van der Waals surface area contributed by atoms with Crippen LogP contribution in [0.3, 0.4) is 0 Å². The Bertz CT molecular complexity index is 901. The maximum Gasteiger partial charge on any atom is 0.311 e. The molecule has 1 aromatic rings. The topological polar surface area (TPSA) is 79.7 Å². The number of carbonyl (C=O) groups is 2. The number of fused-ring (bicyclic) bond motifs is 2. The summed E-state index contributed by atoms with van der Waals surface area (Å²) in [5, 5.41) is 12.4. The highest BCUT2D eigenvalue weighted by molar-refractivity contribution is 7.11. The van der Waals surface area contributed by atoms with Gasteiger partial charge in [0.25, 0.3) is 0 Å². The molecule has 0 aromatic carbocycles. The van der Waals surface area contributed by atoms with E-state index in [0.29, 0.717) is 0 Å². The lowest BCUT2D eigenvalue weighted by atomic mass is 9.53. The average molecular weight is 477 g/mol. The number of thiazole rings is 1. The molecule has 2 fully saturated rings. The third-order valence-electron chi connectivity index (χ3n) is 8.35. The van der Waals surface area contributed by atoms with E-state index in [9.17, 15) is 14.7 Å². The summed E-state index contributed by atoms with van der Waals surface area (Å²) in [5.41, 5.74) is 0.502. The van der Waals surface area contributed by atoms with E-state index in [1.165, 1.54) is 4.88 Å². The number of ether oxygens (including phenoxy) is 1. The standard InChI is InChI=1S/C26H40N2O4S/c1-15(23(30)28-11-7-8-12-28)17-9-10-26(6)13-18-21(16(2)20(26)22(17)29)27-19(33-18)14-32-24(31)25(3,4)5/h15-17,20,22,29H,7-14H2,1-6H3/t15-,16-,17?,20+,22-,26-/m0/s1. The normalized spacial score (nSPS) is 32.8. The Hall–Kier alpha value is -1.47. The van der Waals surface area contributed by atoms with Crippen LogP contribution < -0.4 is 0 Å². The lowest BCUT2D eigenvalue weighted by molar-refractivity contribution is -0.154. The van der Waals surface area contributed by atoms with Gasteiger partial charge in [-0.1, -0.05) is 20.8 Å². The van der Waals surface area contributed by atoms with Gasteiger partial charge in [0.15, 0.2) is 0 Å². The first-order chi connectivity index (χ1) is 15.4. The van der Waals surface area contributed by atoms with Crippen LogP contribution in [0.5, 0.6) is 0 Å². The van der Waals surface area contributed by atoms with Crippen molar-refractivity contribution in [2.75, 3.05) is 13.1 Å². The maximum atomic E-state index is 13.1. The number of hydrogen-bond donors (Lipinski definition) is 1. The number of nitrogens with zero attached hydrogens (tertiary/aromatic N) is 2. The van der Waals surface area contributed by atoms with E-state index in [4.69, 9.17) is 9.72 Å². The van der Waals surface area contributed by atoms with Crippen molar-refractivity contribution in [1.82, 2.24) is 9.88 Å². The zero-order chi connectivity index (χ0) is 24.1. The van der Waals surface area contributed by atoms with Crippen LogP contribution in [0.4, 0.5) is 0 Å². The van der Waals surface area contributed by atoms with Crippen LogP contribution in [0, 0.1) is 28.6 Å². The fourth-order valence-electron chi connectivity index (χ4n) is 6.41. The highest BCUT2D eigenvalue weighted by Gasteiger charge is 2.54.